The third kappa shape index (κ3) is 6.35. The molecular weight excluding hydrogens is 658 g/mol. The molecule has 16 heteroatoms. The highest BCUT2D eigenvalue weighted by Crippen LogP contribution is 2.49. The van der Waals surface area contributed by atoms with Gasteiger partial charge in [-0.05, 0) is 62.2 Å². The lowest BCUT2D eigenvalue weighted by molar-refractivity contribution is -0.118. The molecule has 2 saturated heterocycles. The number of aromatic nitrogens is 3. The first-order valence-electron chi connectivity index (χ1n) is 17.4. The fourth-order valence-corrected chi connectivity index (χ4v) is 7.14. The fourth-order valence-electron chi connectivity index (χ4n) is 7.14. The molecule has 3 aromatic rings. The van der Waals surface area contributed by atoms with E-state index >= 15 is 0 Å². The van der Waals surface area contributed by atoms with Crippen molar-refractivity contribution in [3.8, 4) is 11.1 Å². The Morgan fingerprint density at radius 2 is 1.85 bits per heavy atom. The number of hydrogen-bond donors (Lipinski definition) is 4. The van der Waals surface area contributed by atoms with Crippen molar-refractivity contribution < 1.29 is 19.5 Å². The third-order valence-corrected chi connectivity index (χ3v) is 10.4. The van der Waals surface area contributed by atoms with Gasteiger partial charge in [0.25, 0.3) is 11.8 Å². The highest BCUT2D eigenvalue weighted by Gasteiger charge is 2.42. The van der Waals surface area contributed by atoms with E-state index in [-0.39, 0.29) is 47.0 Å². The van der Waals surface area contributed by atoms with Gasteiger partial charge in [0.2, 0.25) is 0 Å². The maximum Gasteiger partial charge on any atom is 0.272 e. The molecule has 2 aromatic heterocycles. The van der Waals surface area contributed by atoms with Gasteiger partial charge in [-0.1, -0.05) is 6.07 Å². The molecule has 3 aliphatic heterocycles. The minimum Gasteiger partial charge on any atom is -0.513 e. The van der Waals surface area contributed by atoms with Gasteiger partial charge in [-0.2, -0.15) is 10.1 Å². The summed E-state index contributed by atoms with van der Waals surface area (Å²) in [5.74, 6) is -0.598. The molecule has 0 spiro atoms. The van der Waals surface area contributed by atoms with Crippen LogP contribution in [-0.4, -0.2) is 103 Å². The number of nitrogens with one attached hydrogen (secondary N) is 1. The molecule has 4 radical (unpaired) electrons. The quantitative estimate of drug-likeness (QED) is 0.0608. The SMILES string of the molecule is [B]C([B])(c1cccc(C(=O)N2CCCC2)n1)N1CC(n2ncc3c2C(C)N(C)c2c(NC(=C/C(N)=NC(=O)C4CC4)/C(N)=C\O)cc(C=O)cc2-3)C1. The molecule has 1 aliphatic carbocycles. The number of aliphatic imine (C=N–C) groups is 1. The average molecular weight is 698 g/mol. The lowest BCUT2D eigenvalue weighted by Crippen LogP contribution is -2.60. The molecule has 14 nitrogen and oxygen atoms in total. The van der Waals surface area contributed by atoms with Crippen LogP contribution in [0.4, 0.5) is 11.4 Å². The van der Waals surface area contributed by atoms with Crippen molar-refractivity contribution >= 4 is 51.0 Å². The van der Waals surface area contributed by atoms with Crippen molar-refractivity contribution in [2.75, 3.05) is 43.4 Å². The van der Waals surface area contributed by atoms with Gasteiger partial charge < -0.3 is 36.6 Å². The summed E-state index contributed by atoms with van der Waals surface area (Å²) in [6.07, 6.45) is 8.17. The number of aldehydes is 1. The second-order valence-corrected chi connectivity index (χ2v) is 14.0. The molecule has 1 saturated carbocycles. The van der Waals surface area contributed by atoms with E-state index in [9.17, 15) is 19.5 Å². The van der Waals surface area contributed by atoms with Crippen LogP contribution < -0.4 is 21.7 Å². The number of nitrogens with zero attached hydrogens (tertiary/aromatic N) is 7. The number of anilines is 2. The summed E-state index contributed by atoms with van der Waals surface area (Å²) in [5.41, 5.74) is 17.3. The van der Waals surface area contributed by atoms with Gasteiger partial charge in [-0.3, -0.25) is 19.1 Å². The maximum atomic E-state index is 13.0. The number of aliphatic hydroxyl groups is 1. The van der Waals surface area contributed by atoms with Crippen LogP contribution in [0.3, 0.4) is 0 Å². The molecule has 6 N–H and O–H groups in total. The Kier molecular flexibility index (Phi) is 9.19. The summed E-state index contributed by atoms with van der Waals surface area (Å²) in [6, 6.07) is 8.46. The van der Waals surface area contributed by atoms with Crippen LogP contribution in [0.1, 0.15) is 76.9 Å². The topological polar surface area (TPSA) is 188 Å². The third-order valence-electron chi connectivity index (χ3n) is 10.4. The van der Waals surface area contributed by atoms with Gasteiger partial charge in [0.05, 0.1) is 62.4 Å². The van der Waals surface area contributed by atoms with Crippen molar-refractivity contribution in [3.63, 3.8) is 0 Å². The molecule has 0 bridgehead atoms. The molecule has 1 aromatic carbocycles. The van der Waals surface area contributed by atoms with E-state index in [0.717, 1.165) is 73.8 Å². The summed E-state index contributed by atoms with van der Waals surface area (Å²) in [4.78, 5) is 51.8. The number of carbonyl (C=O) groups excluding carboxylic acids is 3. The molecule has 7 rings (SSSR count). The summed E-state index contributed by atoms with van der Waals surface area (Å²) in [6.45, 7) is 4.48. The minimum atomic E-state index is -1.41. The highest BCUT2D eigenvalue weighted by molar-refractivity contribution is 6.39. The molecule has 264 valence electrons. The van der Waals surface area contributed by atoms with E-state index in [2.05, 4.69) is 27.1 Å². The van der Waals surface area contributed by atoms with Crippen LogP contribution in [-0.2, 0) is 10.1 Å². The number of rotatable bonds is 10. The van der Waals surface area contributed by atoms with Gasteiger partial charge in [-0.25, -0.2) is 4.98 Å². The molecule has 52 heavy (non-hydrogen) atoms. The number of nitrogens with two attached hydrogens (primary N) is 2. The number of amides is 2. The van der Waals surface area contributed by atoms with E-state index in [1.807, 2.05) is 16.6 Å². The lowest BCUT2D eigenvalue weighted by atomic mass is 9.57. The Morgan fingerprint density at radius 1 is 1.12 bits per heavy atom. The summed E-state index contributed by atoms with van der Waals surface area (Å²) < 4.78 is 1.99. The number of carbonyl (C=O) groups is 3. The number of amidine groups is 1. The van der Waals surface area contributed by atoms with E-state index in [1.54, 1.807) is 41.4 Å². The number of benzene rings is 1. The first kappa shape index (κ1) is 35.1. The number of pyridine rings is 1. The first-order chi connectivity index (χ1) is 24.9. The number of aliphatic hydroxyl groups excluding tert-OH is 1. The van der Waals surface area contributed by atoms with E-state index < -0.39 is 5.34 Å². The van der Waals surface area contributed by atoms with Gasteiger partial charge in [0, 0.05) is 67.6 Å². The second-order valence-electron chi connectivity index (χ2n) is 14.0. The maximum absolute atomic E-state index is 13.0. The molecule has 1 atom stereocenters. The van der Waals surface area contributed by atoms with E-state index in [4.69, 9.17) is 32.3 Å². The predicted octanol–water partition coefficient (Wildman–Crippen LogP) is 2.46. The average Bonchev–Trinajstić information content (AvgIpc) is 3.65. The van der Waals surface area contributed by atoms with Gasteiger partial charge in [-0.15, -0.1) is 0 Å². The van der Waals surface area contributed by atoms with Crippen molar-refractivity contribution in [3.05, 3.63) is 82.9 Å². The van der Waals surface area contributed by atoms with Gasteiger partial charge >= 0.3 is 0 Å². The zero-order chi connectivity index (χ0) is 36.9. The monoisotopic (exact) mass is 698 g/mol. The van der Waals surface area contributed by atoms with E-state index in [1.165, 1.54) is 6.08 Å². The van der Waals surface area contributed by atoms with Gasteiger partial charge in [0.1, 0.15) is 24.1 Å². The number of likely N-dealkylation sites (tertiary alicyclic amines) is 2. The second kappa shape index (κ2) is 13.6. The largest absolute Gasteiger partial charge is 0.513 e. The molecule has 5 heterocycles. The van der Waals surface area contributed by atoms with Crippen LogP contribution in [0.2, 0.25) is 0 Å². The van der Waals surface area contributed by atoms with Crippen molar-refractivity contribution in [1.82, 2.24) is 24.6 Å². The smallest absolute Gasteiger partial charge is 0.272 e. The fraction of sp³-hybridized carbons (Fsp3) is 0.389. The normalized spacial score (nSPS) is 20.0. The molecule has 4 aliphatic rings. The van der Waals surface area contributed by atoms with Crippen molar-refractivity contribution in [2.24, 2.45) is 22.4 Å². The number of hydrogen-bond acceptors (Lipinski definition) is 10. The van der Waals surface area contributed by atoms with Crippen LogP contribution in [0, 0.1) is 5.92 Å². The van der Waals surface area contributed by atoms with Crippen molar-refractivity contribution in [2.45, 2.75) is 50.0 Å². The van der Waals surface area contributed by atoms with Crippen LogP contribution in [0.5, 0.6) is 0 Å². The predicted molar refractivity (Wildman–Crippen MR) is 199 cm³/mol. The number of fused-ring (bicyclic) bond motifs is 3. The lowest BCUT2D eigenvalue weighted by Gasteiger charge is -2.50. The van der Waals surface area contributed by atoms with E-state index in [0.29, 0.717) is 35.7 Å². The van der Waals surface area contributed by atoms with Crippen LogP contribution in [0.15, 0.2) is 65.3 Å². The summed E-state index contributed by atoms with van der Waals surface area (Å²) >= 11 is 0. The Balaban J connectivity index is 1.16. The molecule has 3 fully saturated rings. The summed E-state index contributed by atoms with van der Waals surface area (Å²) in [7, 11) is 15.3. The summed E-state index contributed by atoms with van der Waals surface area (Å²) in [5, 5.41) is 16.4. The Morgan fingerprint density at radius 3 is 2.52 bits per heavy atom. The molecular formula is C36H40B2N10O4. The van der Waals surface area contributed by atoms with Crippen LogP contribution >= 0.6 is 0 Å². The Hall–Kier alpha value is -5.37. The van der Waals surface area contributed by atoms with Gasteiger partial charge in [0.15, 0.2) is 0 Å². The van der Waals surface area contributed by atoms with Crippen LogP contribution in [0.25, 0.3) is 11.1 Å². The zero-order valence-corrected chi connectivity index (χ0v) is 29.2. The Bertz CT molecular complexity index is 2030. The first-order valence-corrected chi connectivity index (χ1v) is 17.4. The zero-order valence-electron chi connectivity index (χ0n) is 29.2. The highest BCUT2D eigenvalue weighted by atomic mass is 16.2. The standard InChI is InChI=1S/C36H40B2N10O4/c1-20-32-25(15-41-48(32)23-16-47(17-23)36(37,38)30-7-5-6-27(43-30)35(52)46-10-3-4-11-46)24-12-21(18-49)13-29(33(24)45(20)2)42-28(26(39)19-50)14-31(40)44-34(51)22-8-9-22/h5-7,12-15,18-20,22-23,42,50H,3-4,8-11,16-17,39H2,1-2H3,(H2,40,44,51)/b26-19+,28-14+. The van der Waals surface area contributed by atoms with Crippen molar-refractivity contribution in [1.29, 1.82) is 0 Å². The molecule has 1 unspecified atom stereocenters. The Labute approximate surface area is 304 Å². The minimum absolute atomic E-state index is 0.0483. The molecule has 2 amide bonds.